The van der Waals surface area contributed by atoms with Crippen LogP contribution in [0.4, 0.5) is 18.3 Å². The van der Waals surface area contributed by atoms with Crippen molar-refractivity contribution >= 4 is 34.1 Å². The van der Waals surface area contributed by atoms with Crippen LogP contribution in [0.15, 0.2) is 52.9 Å². The highest BCUT2D eigenvalue weighted by Gasteiger charge is 2.29. The normalized spacial score (nSPS) is 11.5. The number of hydrogen-bond acceptors (Lipinski definition) is 6. The Labute approximate surface area is 179 Å². The van der Waals surface area contributed by atoms with Gasteiger partial charge in [-0.3, -0.25) is 10.1 Å². The van der Waals surface area contributed by atoms with Gasteiger partial charge in [-0.25, -0.2) is 0 Å². The van der Waals surface area contributed by atoms with E-state index in [1.54, 1.807) is 24.3 Å². The van der Waals surface area contributed by atoms with Gasteiger partial charge in [0, 0.05) is 11.3 Å². The fourth-order valence-electron chi connectivity index (χ4n) is 2.38. The second-order valence-electron chi connectivity index (χ2n) is 6.50. The first-order valence-corrected chi connectivity index (χ1v) is 10.7. The van der Waals surface area contributed by atoms with Crippen molar-refractivity contribution in [2.45, 2.75) is 36.2 Å². The molecule has 10 heteroatoms. The number of anilines is 1. The summed E-state index contributed by atoms with van der Waals surface area (Å²) >= 11 is 2.53. The maximum Gasteiger partial charge on any atom is 0.416 e. The molecule has 3 rings (SSSR count). The molecule has 1 aromatic heterocycles. The van der Waals surface area contributed by atoms with Gasteiger partial charge in [0.1, 0.15) is 5.75 Å². The number of amides is 1. The summed E-state index contributed by atoms with van der Waals surface area (Å²) in [7, 11) is 0. The summed E-state index contributed by atoms with van der Waals surface area (Å²) in [5.41, 5.74) is 0.513. The molecule has 0 aliphatic rings. The van der Waals surface area contributed by atoms with Crippen LogP contribution in [0.2, 0.25) is 0 Å². The molecule has 5 nitrogen and oxygen atoms in total. The Kier molecular flexibility index (Phi) is 6.99. The van der Waals surface area contributed by atoms with Crippen LogP contribution in [0.1, 0.15) is 35.3 Å². The van der Waals surface area contributed by atoms with Crippen LogP contribution in [0.25, 0.3) is 0 Å². The molecule has 0 aliphatic heterocycles. The van der Waals surface area contributed by atoms with E-state index < -0.39 is 11.7 Å². The largest absolute Gasteiger partial charge is 0.491 e. The van der Waals surface area contributed by atoms with Crippen molar-refractivity contribution in [2.24, 2.45) is 0 Å². The van der Waals surface area contributed by atoms with Crippen LogP contribution in [0, 0.1) is 0 Å². The number of nitrogens with zero attached hydrogens (tertiary/aromatic N) is 2. The molecular formula is C20H18F3N3O2S2. The highest BCUT2D eigenvalue weighted by Crippen LogP contribution is 2.31. The monoisotopic (exact) mass is 453 g/mol. The molecule has 1 heterocycles. The van der Waals surface area contributed by atoms with Crippen molar-refractivity contribution in [3.05, 3.63) is 65.2 Å². The van der Waals surface area contributed by atoms with E-state index in [1.807, 2.05) is 13.8 Å². The Morgan fingerprint density at radius 1 is 1.10 bits per heavy atom. The van der Waals surface area contributed by atoms with Gasteiger partial charge in [0.05, 0.1) is 11.7 Å². The standard InChI is InChI=1S/C20H18F3N3O2S2/c1-12(2)28-16-9-5-14(6-10-16)17(27)24-18-25-26-19(30-18)29-11-13-3-7-15(8-4-13)20(21,22)23/h3-10,12H,11H2,1-2H3,(H,24,25,27). The van der Waals surface area contributed by atoms with E-state index in [1.165, 1.54) is 35.2 Å². The van der Waals surface area contributed by atoms with Gasteiger partial charge in [0.25, 0.3) is 5.91 Å². The molecule has 0 saturated carbocycles. The van der Waals surface area contributed by atoms with Gasteiger partial charge in [0.15, 0.2) is 4.34 Å². The van der Waals surface area contributed by atoms with E-state index in [2.05, 4.69) is 15.5 Å². The molecule has 1 N–H and O–H groups in total. The number of halogens is 3. The van der Waals surface area contributed by atoms with Gasteiger partial charge in [-0.15, -0.1) is 10.2 Å². The minimum atomic E-state index is -4.35. The molecule has 0 unspecified atom stereocenters. The number of carbonyl (C=O) groups is 1. The Morgan fingerprint density at radius 2 is 1.77 bits per heavy atom. The third-order valence-electron chi connectivity index (χ3n) is 3.76. The highest BCUT2D eigenvalue weighted by molar-refractivity contribution is 8.00. The SMILES string of the molecule is CC(C)Oc1ccc(C(=O)Nc2nnc(SCc3ccc(C(F)(F)F)cc3)s2)cc1. The summed E-state index contributed by atoms with van der Waals surface area (Å²) in [6.07, 6.45) is -4.30. The Morgan fingerprint density at radius 3 is 2.37 bits per heavy atom. The van der Waals surface area contributed by atoms with Crippen LogP contribution in [0.5, 0.6) is 5.75 Å². The third-order valence-corrected chi connectivity index (χ3v) is 5.80. The van der Waals surface area contributed by atoms with Gasteiger partial charge in [-0.1, -0.05) is 35.2 Å². The predicted molar refractivity (Wildman–Crippen MR) is 111 cm³/mol. The van der Waals surface area contributed by atoms with Crippen molar-refractivity contribution in [1.29, 1.82) is 0 Å². The number of carbonyl (C=O) groups excluding carboxylic acids is 1. The zero-order valence-electron chi connectivity index (χ0n) is 16.1. The van der Waals surface area contributed by atoms with E-state index in [-0.39, 0.29) is 12.0 Å². The van der Waals surface area contributed by atoms with Gasteiger partial charge >= 0.3 is 6.18 Å². The fraction of sp³-hybridized carbons (Fsp3) is 0.250. The molecule has 0 fully saturated rings. The molecule has 3 aromatic rings. The molecular weight excluding hydrogens is 435 g/mol. The molecule has 0 saturated heterocycles. The average Bonchev–Trinajstić information content (AvgIpc) is 3.13. The second kappa shape index (κ2) is 9.48. The minimum Gasteiger partial charge on any atom is -0.491 e. The molecule has 0 radical (unpaired) electrons. The zero-order valence-corrected chi connectivity index (χ0v) is 17.7. The van der Waals surface area contributed by atoms with Crippen LogP contribution < -0.4 is 10.1 Å². The number of benzene rings is 2. The van der Waals surface area contributed by atoms with Crippen LogP contribution >= 0.6 is 23.1 Å². The molecule has 0 spiro atoms. The van der Waals surface area contributed by atoms with Crippen molar-refractivity contribution < 1.29 is 22.7 Å². The number of alkyl halides is 3. The lowest BCUT2D eigenvalue weighted by molar-refractivity contribution is -0.137. The highest BCUT2D eigenvalue weighted by atomic mass is 32.2. The first kappa shape index (κ1) is 22.1. The first-order chi connectivity index (χ1) is 14.2. The predicted octanol–water partition coefficient (Wildman–Crippen LogP) is 5.89. The summed E-state index contributed by atoms with van der Waals surface area (Å²) in [4.78, 5) is 12.3. The molecule has 0 aliphatic carbocycles. The van der Waals surface area contributed by atoms with Crippen molar-refractivity contribution in [2.75, 3.05) is 5.32 Å². The van der Waals surface area contributed by atoms with E-state index in [0.29, 0.717) is 26.5 Å². The van der Waals surface area contributed by atoms with E-state index in [9.17, 15) is 18.0 Å². The molecule has 2 aromatic carbocycles. The summed E-state index contributed by atoms with van der Waals surface area (Å²) in [6, 6.07) is 11.8. The fourth-order valence-corrected chi connectivity index (χ4v) is 4.08. The van der Waals surface area contributed by atoms with E-state index in [0.717, 1.165) is 17.7 Å². The third kappa shape index (κ3) is 6.20. The average molecular weight is 454 g/mol. The second-order valence-corrected chi connectivity index (χ2v) is 8.70. The van der Waals surface area contributed by atoms with Gasteiger partial charge in [-0.05, 0) is 55.8 Å². The topological polar surface area (TPSA) is 64.1 Å². The quantitative estimate of drug-likeness (QED) is 0.357. The molecule has 158 valence electrons. The lowest BCUT2D eigenvalue weighted by Gasteiger charge is -2.09. The number of hydrogen-bond donors (Lipinski definition) is 1. The summed E-state index contributed by atoms with van der Waals surface area (Å²) in [5, 5.41) is 11.0. The Bertz CT molecular complexity index is 988. The first-order valence-electron chi connectivity index (χ1n) is 8.91. The maximum atomic E-state index is 12.6. The lowest BCUT2D eigenvalue weighted by Crippen LogP contribution is -2.12. The molecule has 30 heavy (non-hydrogen) atoms. The zero-order chi connectivity index (χ0) is 21.7. The number of nitrogens with one attached hydrogen (secondary N) is 1. The number of thioether (sulfide) groups is 1. The van der Waals surface area contributed by atoms with Gasteiger partial charge in [-0.2, -0.15) is 13.2 Å². The van der Waals surface area contributed by atoms with Crippen LogP contribution in [-0.4, -0.2) is 22.2 Å². The Hall–Kier alpha value is -2.59. The summed E-state index contributed by atoms with van der Waals surface area (Å²) in [5.74, 6) is 0.804. The number of aromatic nitrogens is 2. The number of rotatable bonds is 7. The minimum absolute atomic E-state index is 0.0459. The van der Waals surface area contributed by atoms with Gasteiger partial charge in [0.2, 0.25) is 5.13 Å². The van der Waals surface area contributed by atoms with Crippen LogP contribution in [0.3, 0.4) is 0 Å². The maximum absolute atomic E-state index is 12.6. The Balaban J connectivity index is 1.54. The van der Waals surface area contributed by atoms with E-state index >= 15 is 0 Å². The summed E-state index contributed by atoms with van der Waals surface area (Å²) < 4.78 is 44.0. The van der Waals surface area contributed by atoms with Crippen molar-refractivity contribution in [1.82, 2.24) is 10.2 Å². The van der Waals surface area contributed by atoms with Crippen LogP contribution in [-0.2, 0) is 11.9 Å². The van der Waals surface area contributed by atoms with E-state index in [4.69, 9.17) is 4.74 Å². The summed E-state index contributed by atoms with van der Waals surface area (Å²) in [6.45, 7) is 3.84. The molecule has 1 amide bonds. The smallest absolute Gasteiger partial charge is 0.416 e. The van der Waals surface area contributed by atoms with Gasteiger partial charge < -0.3 is 4.74 Å². The van der Waals surface area contributed by atoms with Crippen molar-refractivity contribution in [3.63, 3.8) is 0 Å². The molecule has 0 atom stereocenters. The molecule has 0 bridgehead atoms. The lowest BCUT2D eigenvalue weighted by atomic mass is 10.1. The number of ether oxygens (including phenoxy) is 1. The van der Waals surface area contributed by atoms with Crippen molar-refractivity contribution in [3.8, 4) is 5.75 Å².